The summed E-state index contributed by atoms with van der Waals surface area (Å²) >= 11 is 6.07. The molecule has 5 aromatic heterocycles. The van der Waals surface area contributed by atoms with Gasteiger partial charge in [-0.05, 0) is 305 Å². The Labute approximate surface area is 848 Å². The van der Waals surface area contributed by atoms with Crippen LogP contribution in [0.3, 0.4) is 0 Å². The number of nitrogens with one attached hydrogen (secondary N) is 1. The molecule has 5 aliphatic heterocycles. The van der Waals surface area contributed by atoms with Crippen LogP contribution in [0.25, 0.3) is 56.0 Å². The van der Waals surface area contributed by atoms with E-state index in [0.717, 1.165) is 217 Å². The number of methoxy groups -OCH3 is 3. The molecule has 5 aliphatic carbocycles. The molecule has 5 saturated carbocycles. The Morgan fingerprint density at radius 3 is 1.13 bits per heavy atom. The van der Waals surface area contributed by atoms with Crippen LogP contribution in [0.15, 0.2) is 285 Å². The second-order valence-electron chi connectivity index (χ2n) is 38.1. The van der Waals surface area contributed by atoms with Gasteiger partial charge in [-0.1, -0.05) is 115 Å². The van der Waals surface area contributed by atoms with Crippen LogP contribution < -0.4 is 66.9 Å². The Morgan fingerprint density at radius 2 is 0.712 bits per heavy atom. The van der Waals surface area contributed by atoms with Crippen LogP contribution in [-0.2, 0) is 76.7 Å². The molecule has 24 nitrogen and oxygen atoms in total. The van der Waals surface area contributed by atoms with Gasteiger partial charge in [0.1, 0.15) is 52.0 Å². The van der Waals surface area contributed by atoms with Crippen LogP contribution in [0, 0.1) is 26.6 Å². The van der Waals surface area contributed by atoms with Crippen LogP contribution in [0.2, 0.25) is 5.02 Å². The molecule has 146 heavy (non-hydrogen) atoms. The van der Waals surface area contributed by atoms with Crippen molar-refractivity contribution in [2.24, 2.45) is 0 Å². The van der Waals surface area contributed by atoms with E-state index < -0.39 is 27.1 Å². The molecule has 736 valence electrons. The number of carbonyl (C=O) groups excluding carboxylic acids is 5. The molecule has 10 heterocycles. The minimum absolute atomic E-state index is 0.0879. The maximum Gasteiger partial charge on any atom is 0.236 e. The van der Waals surface area contributed by atoms with E-state index in [2.05, 4.69) is 52.3 Å². The molecule has 1 amide bonds. The van der Waals surface area contributed by atoms with Crippen molar-refractivity contribution in [1.82, 2.24) is 24.9 Å². The highest BCUT2D eigenvalue weighted by Gasteiger charge is 2.56. The van der Waals surface area contributed by atoms with Crippen molar-refractivity contribution < 1.29 is 89.9 Å². The Balaban J connectivity index is 0.000000107. The van der Waals surface area contributed by atoms with Gasteiger partial charge in [-0.15, -0.1) is 0 Å². The summed E-state index contributed by atoms with van der Waals surface area (Å²) in [6.45, 7) is 7.39. The highest BCUT2D eigenvalue weighted by molar-refractivity contribution is 6.30. The Morgan fingerprint density at radius 1 is 0.329 bits per heavy atom. The fourth-order valence-corrected chi connectivity index (χ4v) is 20.0. The molecule has 0 spiro atoms. The summed E-state index contributed by atoms with van der Waals surface area (Å²) in [4.78, 5) is 89.0. The number of amides is 1. The van der Waals surface area contributed by atoms with Crippen molar-refractivity contribution in [2.75, 3.05) is 60.6 Å². The number of rotatable bonds is 27. The molecule has 1 N–H and O–H groups in total. The first kappa shape index (κ1) is 95.9. The number of anilines is 1. The molecule has 0 bridgehead atoms. The molecule has 10 aromatic carbocycles. The van der Waals surface area contributed by atoms with Crippen molar-refractivity contribution in [2.45, 2.75) is 138 Å². The highest BCUT2D eigenvalue weighted by Crippen LogP contribution is 2.57. The van der Waals surface area contributed by atoms with E-state index in [9.17, 15) is 28.4 Å². The Kier molecular flexibility index (Phi) is 26.6. The molecule has 15 aromatic rings. The molecule has 5 fully saturated rings. The summed E-state index contributed by atoms with van der Waals surface area (Å²) in [5.74, 6) is 10.4. The third-order valence-electron chi connectivity index (χ3n) is 29.2. The van der Waals surface area contributed by atoms with Crippen LogP contribution in [0.1, 0.15) is 131 Å². The first-order valence-electron chi connectivity index (χ1n) is 48.8. The summed E-state index contributed by atoms with van der Waals surface area (Å²) in [5, 5.41) is 3.64. The quantitative estimate of drug-likeness (QED) is 0.0500. The Bertz CT molecular complexity index is 7540. The van der Waals surface area contributed by atoms with Gasteiger partial charge in [-0.2, -0.15) is 0 Å². The minimum Gasteiger partial charge on any atom is -0.497 e. The first-order chi connectivity index (χ1) is 71.1. The van der Waals surface area contributed by atoms with E-state index >= 15 is 0 Å². The highest BCUT2D eigenvalue weighted by atomic mass is 35.5. The number of hydrogen-bond acceptors (Lipinski definition) is 23. The van der Waals surface area contributed by atoms with E-state index in [1.54, 1.807) is 45.7 Å². The summed E-state index contributed by atoms with van der Waals surface area (Å²) in [6.07, 6.45) is 13.3. The van der Waals surface area contributed by atoms with Crippen LogP contribution >= 0.6 is 11.6 Å². The van der Waals surface area contributed by atoms with Crippen LogP contribution in [0.5, 0.6) is 74.7 Å². The lowest BCUT2D eigenvalue weighted by Gasteiger charge is -2.16. The second-order valence-corrected chi connectivity index (χ2v) is 38.5. The van der Waals surface area contributed by atoms with Crippen molar-refractivity contribution in [3.63, 3.8) is 0 Å². The Hall–Kier alpha value is -16.3. The predicted molar refractivity (Wildman–Crippen MR) is 548 cm³/mol. The van der Waals surface area contributed by atoms with Crippen molar-refractivity contribution in [3.8, 4) is 131 Å². The van der Waals surface area contributed by atoms with E-state index in [-0.39, 0.29) is 75.2 Å². The zero-order valence-electron chi connectivity index (χ0n) is 81.4. The molecule has 0 radical (unpaired) electrons. The number of halogens is 2. The van der Waals surface area contributed by atoms with Gasteiger partial charge in [-0.25, -0.2) is 9.37 Å². The lowest BCUT2D eigenvalue weighted by atomic mass is 9.88. The fraction of sp³-hybridized carbons (Fsp3) is 0.250. The van der Waals surface area contributed by atoms with E-state index in [1.165, 1.54) is 23.3 Å². The molecular formula is C120H104ClFN6O18. The number of ether oxygens (including phenoxy) is 13. The number of nitrogens with zero attached hydrogens (tertiary/aromatic N) is 5. The maximum atomic E-state index is 13.3. The molecule has 0 unspecified atom stereocenters. The predicted octanol–water partition coefficient (Wildman–Crippen LogP) is 23.2. The average Bonchev–Trinajstić information content (AvgIpc) is 1.61. The number of benzene rings is 10. The maximum absolute atomic E-state index is 13.3. The lowest BCUT2D eigenvalue weighted by molar-refractivity contribution is -0.121. The smallest absolute Gasteiger partial charge is 0.236 e. The monoisotopic (exact) mass is 1970 g/mol. The van der Waals surface area contributed by atoms with Crippen molar-refractivity contribution >= 4 is 46.5 Å². The van der Waals surface area contributed by atoms with Gasteiger partial charge in [0.2, 0.25) is 39.9 Å². The van der Waals surface area contributed by atoms with Crippen molar-refractivity contribution in [3.05, 3.63) is 364 Å². The molecule has 26 heteroatoms. The number of carbonyl (C=O) groups is 5. The number of pyridine rings is 5. The first-order valence-corrected chi connectivity index (χ1v) is 49.2. The van der Waals surface area contributed by atoms with Gasteiger partial charge in [0.15, 0.2) is 57.5 Å². The molecular weight excluding hydrogens is 1870 g/mol. The number of ketones is 4. The largest absolute Gasteiger partial charge is 0.497 e. The van der Waals surface area contributed by atoms with Crippen molar-refractivity contribution in [1.29, 1.82) is 0 Å². The SMILES string of the molecule is COc1cccc(-c2ccc(CC(=O)C3(c4ccc5c(c4)OCO5)CC3)nc2)c1.COc1cccc(OC)c1-c1ccc(CC(=O)C2(c3ccc4c(c3)OCO4)CC2)nc1.Cc1cc(Cl)ccc1-c1cccc(CC(=O)C2(c3ccc4c(c3)OCO4)CC2)n1.Cc1cccc(-c2cccc(CC(=O)C3(c4ccc5c(c4)OCO5)CC3)n2)c1C.O=C(Nc1cccc(-c2ccc(F)cc2)n1)C1(c2ccc3c(c2)OCO3)CC1. The average molecular weight is 1970 g/mol. The standard InChI is InChI=1S/C25H23NO5.C25H23NO3.C24H20ClNO3.C24H21NO4.C22H17FN2O3/c1-28-20-4-3-5-21(29-2)24(20)16-6-8-18(26-14-16)13-23(27)25(10-11-25)17-7-9-19-22(12-17)31-15-30-19;1-16-5-3-7-20(17(16)2)21-8-4-6-19(26-21)14-24(27)25(11-12-25)18-9-10-22-23(13-18)29-15-28-22;1-15-11-17(25)6-7-19(15)20-4-2-3-18(26-20)13-23(27)24(9-10-24)16-5-8-21-22(12-16)29-14-28-21;1-27-20-4-2-3-16(11-20)17-5-7-19(25-14-17)13-23(26)24(9-10-24)18-6-8-21-22(12-18)29-15-28-21;23-16-7-4-14(5-8-16)17-2-1-3-20(24-17)25-21(26)22(10-11-22)15-6-9-18-19(12-15)28-13-27-18/h3-9,12,14H,10-11,13,15H2,1-2H3;3-10,13H,11-12,14-15H2,1-2H3;2-8,11-12H,9-10,13-14H2,1H3;2-8,11-12,14H,9-10,13,15H2,1H3;1-9,12H,10-11,13H2,(H,24,25,26). The lowest BCUT2D eigenvalue weighted by Crippen LogP contribution is -2.28. The zero-order chi connectivity index (χ0) is 100. The summed E-state index contributed by atoms with van der Waals surface area (Å²) in [6, 6.07) is 85.6. The summed E-state index contributed by atoms with van der Waals surface area (Å²) < 4.78 is 83.7. The van der Waals surface area contributed by atoms with Gasteiger partial charge >= 0.3 is 0 Å². The van der Waals surface area contributed by atoms with E-state index in [0.29, 0.717) is 64.5 Å². The number of aryl methyl sites for hydroxylation is 2. The summed E-state index contributed by atoms with van der Waals surface area (Å²) in [7, 11) is 4.91. The van der Waals surface area contributed by atoms with Gasteiger partial charge in [0.25, 0.3) is 0 Å². The number of Topliss-reactive ketones (excluding diaryl/α,β-unsaturated/α-hetero) is 4. The molecule has 10 aliphatic rings. The topological polar surface area (TPSA) is 282 Å². The summed E-state index contributed by atoms with van der Waals surface area (Å²) in [5.41, 5.74) is 18.5. The van der Waals surface area contributed by atoms with Gasteiger partial charge in [0, 0.05) is 93.7 Å². The van der Waals surface area contributed by atoms with Gasteiger partial charge < -0.3 is 66.9 Å². The zero-order valence-corrected chi connectivity index (χ0v) is 82.2. The van der Waals surface area contributed by atoms with Crippen LogP contribution in [-0.4, -0.2) is 109 Å². The number of fused-ring (bicyclic) bond motifs is 5. The van der Waals surface area contributed by atoms with Crippen LogP contribution in [0.4, 0.5) is 10.2 Å². The number of hydrogen-bond donors (Lipinski definition) is 1. The molecule has 0 saturated heterocycles. The molecule has 25 rings (SSSR count). The van der Waals surface area contributed by atoms with Gasteiger partial charge in [0.05, 0.1) is 71.0 Å². The van der Waals surface area contributed by atoms with E-state index in [4.69, 9.17) is 83.1 Å². The number of aromatic nitrogens is 5. The second kappa shape index (κ2) is 40.5. The minimum atomic E-state index is -0.561. The van der Waals surface area contributed by atoms with Gasteiger partial charge in [-0.3, -0.25) is 43.9 Å². The molecule has 0 atom stereocenters. The third-order valence-corrected chi connectivity index (χ3v) is 29.4. The van der Waals surface area contributed by atoms with E-state index in [1.807, 2.05) is 238 Å². The normalized spacial score (nSPS) is 15.8. The third kappa shape index (κ3) is 19.9. The fourth-order valence-electron chi connectivity index (χ4n) is 19.7.